The van der Waals surface area contributed by atoms with Crippen molar-refractivity contribution in [3.8, 4) is 0 Å². The molecule has 0 heterocycles. The van der Waals surface area contributed by atoms with Gasteiger partial charge in [0, 0.05) is 19.0 Å². The van der Waals surface area contributed by atoms with Gasteiger partial charge in [-0.2, -0.15) is 0 Å². The zero-order chi connectivity index (χ0) is 12.6. The minimum Gasteiger partial charge on any atom is -0.326 e. The Balaban J connectivity index is 3.33. The maximum Gasteiger partial charge on any atom is 0.270 e. The summed E-state index contributed by atoms with van der Waals surface area (Å²) in [4.78, 5) is 0. The third kappa shape index (κ3) is 2.98. The van der Waals surface area contributed by atoms with Crippen LogP contribution in [0.1, 0.15) is 37.5 Å². The van der Waals surface area contributed by atoms with Crippen LogP contribution in [0.25, 0.3) is 0 Å². The summed E-state index contributed by atoms with van der Waals surface area (Å²) in [5.74, 6) is -2.98. The van der Waals surface area contributed by atoms with Crippen molar-refractivity contribution >= 4 is 0 Å². The Morgan fingerprint density at radius 2 is 1.50 bits per heavy atom. The molecule has 4 heteroatoms. The quantitative estimate of drug-likeness (QED) is 0.847. The zero-order valence-corrected chi connectivity index (χ0v) is 9.65. The molecule has 0 bridgehead atoms. The summed E-state index contributed by atoms with van der Waals surface area (Å²) < 4.78 is 40.1. The third-order valence-corrected chi connectivity index (χ3v) is 2.42. The van der Waals surface area contributed by atoms with E-state index in [0.29, 0.717) is 5.56 Å². The molecule has 1 rings (SSSR count). The first-order valence-corrected chi connectivity index (χ1v) is 5.06. The number of benzene rings is 1. The highest BCUT2D eigenvalue weighted by molar-refractivity contribution is 5.35. The Labute approximate surface area is 93.5 Å². The van der Waals surface area contributed by atoms with E-state index >= 15 is 0 Å². The fourth-order valence-corrected chi connectivity index (χ4v) is 1.41. The molecule has 0 radical (unpaired) electrons. The molecule has 1 nitrogen and oxygen atoms in total. The topological polar surface area (TPSA) is 26.0 Å². The van der Waals surface area contributed by atoms with Gasteiger partial charge >= 0.3 is 0 Å². The van der Waals surface area contributed by atoms with E-state index in [1.54, 1.807) is 0 Å². The van der Waals surface area contributed by atoms with Gasteiger partial charge in [0.05, 0.1) is 0 Å². The van der Waals surface area contributed by atoms with E-state index in [9.17, 15) is 13.2 Å². The fourth-order valence-electron chi connectivity index (χ4n) is 1.41. The normalized spacial score (nSPS) is 12.9. The molecule has 0 aromatic heterocycles. The number of halogens is 3. The van der Waals surface area contributed by atoms with Gasteiger partial charge < -0.3 is 5.73 Å². The molecule has 0 amide bonds. The van der Waals surface area contributed by atoms with Gasteiger partial charge in [0.2, 0.25) is 0 Å². The molecular weight excluding hydrogens is 215 g/mol. The van der Waals surface area contributed by atoms with E-state index in [0.717, 1.165) is 6.92 Å². The van der Waals surface area contributed by atoms with Crippen molar-refractivity contribution in [1.29, 1.82) is 0 Å². The monoisotopic (exact) mass is 231 g/mol. The lowest BCUT2D eigenvalue weighted by Gasteiger charge is -2.19. The van der Waals surface area contributed by atoms with Crippen molar-refractivity contribution in [1.82, 2.24) is 0 Å². The predicted molar refractivity (Wildman–Crippen MR) is 58.0 cm³/mol. The molecule has 0 saturated carbocycles. The van der Waals surface area contributed by atoms with E-state index in [2.05, 4.69) is 0 Å². The zero-order valence-electron chi connectivity index (χ0n) is 9.65. The van der Waals surface area contributed by atoms with Gasteiger partial charge in [0.15, 0.2) is 0 Å². The van der Waals surface area contributed by atoms with Gasteiger partial charge in [0.1, 0.15) is 5.67 Å². The molecule has 16 heavy (non-hydrogen) atoms. The van der Waals surface area contributed by atoms with Crippen LogP contribution in [0.15, 0.2) is 18.2 Å². The van der Waals surface area contributed by atoms with Crippen LogP contribution >= 0.6 is 0 Å². The smallest absolute Gasteiger partial charge is 0.270 e. The van der Waals surface area contributed by atoms with E-state index in [4.69, 9.17) is 5.73 Å². The molecule has 90 valence electrons. The van der Waals surface area contributed by atoms with Gasteiger partial charge in [-0.1, -0.05) is 6.07 Å². The largest absolute Gasteiger partial charge is 0.326 e. The van der Waals surface area contributed by atoms with E-state index in [1.165, 1.54) is 32.0 Å². The number of hydrogen-bond donors (Lipinski definition) is 1. The van der Waals surface area contributed by atoms with Gasteiger partial charge in [-0.3, -0.25) is 0 Å². The van der Waals surface area contributed by atoms with Crippen LogP contribution in [0.2, 0.25) is 0 Å². The summed E-state index contributed by atoms with van der Waals surface area (Å²) in [6.07, 6.45) is 0. The van der Waals surface area contributed by atoms with Crippen LogP contribution in [0.4, 0.5) is 13.2 Å². The van der Waals surface area contributed by atoms with Crippen LogP contribution in [0.3, 0.4) is 0 Å². The second kappa shape index (κ2) is 4.09. The van der Waals surface area contributed by atoms with Gasteiger partial charge in [-0.15, -0.1) is 0 Å². The first-order chi connectivity index (χ1) is 7.14. The summed E-state index contributed by atoms with van der Waals surface area (Å²) >= 11 is 0. The maximum atomic E-state index is 13.7. The SMILES string of the molecule is CC(C)(F)c1cc(CN)cc(C(C)(F)F)c1. The summed E-state index contributed by atoms with van der Waals surface area (Å²) in [5.41, 5.74) is 4.30. The van der Waals surface area contributed by atoms with Crippen molar-refractivity contribution in [3.05, 3.63) is 34.9 Å². The van der Waals surface area contributed by atoms with Crippen molar-refractivity contribution in [2.75, 3.05) is 0 Å². The minimum absolute atomic E-state index is 0.118. The molecule has 0 saturated heterocycles. The summed E-state index contributed by atoms with van der Waals surface area (Å²) in [6.45, 7) is 3.57. The summed E-state index contributed by atoms with van der Waals surface area (Å²) in [7, 11) is 0. The Hall–Kier alpha value is -1.03. The van der Waals surface area contributed by atoms with Crippen LogP contribution < -0.4 is 5.73 Å². The van der Waals surface area contributed by atoms with Crippen LogP contribution in [-0.4, -0.2) is 0 Å². The first kappa shape index (κ1) is 13.0. The third-order valence-electron chi connectivity index (χ3n) is 2.42. The van der Waals surface area contributed by atoms with Gasteiger partial charge in [-0.25, -0.2) is 13.2 Å². The second-order valence-electron chi connectivity index (χ2n) is 4.48. The molecular formula is C12H16F3N. The molecule has 1 aromatic carbocycles. The number of alkyl halides is 3. The number of hydrogen-bond acceptors (Lipinski definition) is 1. The lowest BCUT2D eigenvalue weighted by molar-refractivity contribution is 0.0171. The van der Waals surface area contributed by atoms with E-state index in [-0.39, 0.29) is 17.7 Å². The summed E-state index contributed by atoms with van der Waals surface area (Å²) in [5, 5.41) is 0. The average Bonchev–Trinajstić information content (AvgIpc) is 2.14. The van der Waals surface area contributed by atoms with Crippen molar-refractivity contribution in [3.63, 3.8) is 0 Å². The highest BCUT2D eigenvalue weighted by Crippen LogP contribution is 2.33. The molecule has 0 spiro atoms. The molecule has 0 aliphatic heterocycles. The van der Waals surface area contributed by atoms with Gasteiger partial charge in [-0.05, 0) is 37.1 Å². The lowest BCUT2D eigenvalue weighted by Crippen LogP contribution is -2.15. The molecule has 0 fully saturated rings. The van der Waals surface area contributed by atoms with E-state index < -0.39 is 11.6 Å². The number of rotatable bonds is 3. The molecule has 2 N–H and O–H groups in total. The lowest BCUT2D eigenvalue weighted by atomic mass is 9.94. The molecule has 1 aromatic rings. The highest BCUT2D eigenvalue weighted by Gasteiger charge is 2.28. The predicted octanol–water partition coefficient (Wildman–Crippen LogP) is 3.46. The van der Waals surface area contributed by atoms with Gasteiger partial charge in [0.25, 0.3) is 5.92 Å². The van der Waals surface area contributed by atoms with Crippen molar-refractivity contribution < 1.29 is 13.2 Å². The molecule has 0 aliphatic rings. The number of nitrogens with two attached hydrogens (primary N) is 1. The Bertz CT molecular complexity index is 343. The Morgan fingerprint density at radius 3 is 1.88 bits per heavy atom. The minimum atomic E-state index is -2.98. The fraction of sp³-hybridized carbons (Fsp3) is 0.500. The molecule has 0 aliphatic carbocycles. The second-order valence-corrected chi connectivity index (χ2v) is 4.48. The van der Waals surface area contributed by atoms with Crippen LogP contribution in [-0.2, 0) is 18.1 Å². The summed E-state index contributed by atoms with van der Waals surface area (Å²) in [6, 6.07) is 4.03. The van der Waals surface area contributed by atoms with Crippen molar-refractivity contribution in [2.24, 2.45) is 5.73 Å². The standard InChI is InChI=1S/C12H16F3N/c1-11(2,13)9-4-8(7-16)5-10(6-9)12(3,14)15/h4-6H,7,16H2,1-3H3. The highest BCUT2D eigenvalue weighted by atomic mass is 19.3. The average molecular weight is 231 g/mol. The Kier molecular flexibility index (Phi) is 3.33. The molecule has 0 atom stereocenters. The van der Waals surface area contributed by atoms with E-state index in [1.807, 2.05) is 0 Å². The maximum absolute atomic E-state index is 13.7. The molecule has 0 unspecified atom stereocenters. The Morgan fingerprint density at radius 1 is 1.00 bits per heavy atom. The van der Waals surface area contributed by atoms with Crippen LogP contribution in [0, 0.1) is 0 Å². The van der Waals surface area contributed by atoms with Crippen molar-refractivity contribution in [2.45, 2.75) is 38.9 Å². The van der Waals surface area contributed by atoms with Crippen LogP contribution in [0.5, 0.6) is 0 Å². The first-order valence-electron chi connectivity index (χ1n) is 5.06.